The molecular weight excluding hydrogens is 417 g/mol. The van der Waals surface area contributed by atoms with Gasteiger partial charge >= 0.3 is 0 Å². The van der Waals surface area contributed by atoms with Gasteiger partial charge in [-0.2, -0.15) is 0 Å². The molecule has 9 heteroatoms. The van der Waals surface area contributed by atoms with E-state index in [1.807, 2.05) is 0 Å². The van der Waals surface area contributed by atoms with Gasteiger partial charge in [0.2, 0.25) is 10.0 Å². The van der Waals surface area contributed by atoms with E-state index in [4.69, 9.17) is 11.6 Å². The third-order valence-corrected chi connectivity index (χ3v) is 5.95. The Bertz CT molecular complexity index is 1120. The lowest BCUT2D eigenvalue weighted by atomic mass is 10.2. The Morgan fingerprint density at radius 3 is 2.59 bits per heavy atom. The fraction of sp³-hybridized carbons (Fsp3) is 0.100. The van der Waals surface area contributed by atoms with Crippen LogP contribution in [-0.2, 0) is 23.1 Å². The fourth-order valence-corrected chi connectivity index (χ4v) is 4.07. The van der Waals surface area contributed by atoms with Gasteiger partial charge in [0, 0.05) is 36.6 Å². The lowest BCUT2D eigenvalue weighted by molar-refractivity contribution is 0.0950. The van der Waals surface area contributed by atoms with Crippen molar-refractivity contribution < 1.29 is 17.6 Å². The molecule has 0 fully saturated rings. The molecule has 1 heterocycles. The SMILES string of the molecule is O=C(NCc1ccccc1F)c1ccc(Cl)c(S(=O)(=O)NCc2cccnc2)c1. The van der Waals surface area contributed by atoms with Crippen LogP contribution < -0.4 is 10.0 Å². The van der Waals surface area contributed by atoms with Crippen LogP contribution in [0.25, 0.3) is 0 Å². The Morgan fingerprint density at radius 1 is 1.07 bits per heavy atom. The van der Waals surface area contributed by atoms with Gasteiger partial charge in [-0.15, -0.1) is 0 Å². The standard InChI is InChI=1S/C20H17ClFN3O3S/c21-17-8-7-15(20(26)24-13-16-5-1-2-6-18(16)22)10-19(17)29(27,28)25-12-14-4-3-9-23-11-14/h1-11,25H,12-13H2,(H,24,26). The molecule has 3 aromatic rings. The minimum absolute atomic E-state index is 0.0191. The second-order valence-electron chi connectivity index (χ2n) is 6.11. The quantitative estimate of drug-likeness (QED) is 0.598. The molecule has 2 aromatic carbocycles. The predicted molar refractivity (Wildman–Crippen MR) is 107 cm³/mol. The van der Waals surface area contributed by atoms with E-state index in [0.717, 1.165) is 0 Å². The number of pyridine rings is 1. The first-order chi connectivity index (χ1) is 13.9. The van der Waals surface area contributed by atoms with Gasteiger partial charge in [-0.1, -0.05) is 35.9 Å². The molecule has 1 aromatic heterocycles. The first-order valence-corrected chi connectivity index (χ1v) is 10.4. The molecule has 0 aliphatic rings. The van der Waals surface area contributed by atoms with Crippen LogP contribution in [0.2, 0.25) is 5.02 Å². The van der Waals surface area contributed by atoms with Crippen LogP contribution in [0.15, 0.2) is 71.9 Å². The van der Waals surface area contributed by atoms with Crippen molar-refractivity contribution in [2.24, 2.45) is 0 Å². The highest BCUT2D eigenvalue weighted by Crippen LogP contribution is 2.23. The number of carbonyl (C=O) groups is 1. The number of hydrogen-bond donors (Lipinski definition) is 2. The van der Waals surface area contributed by atoms with E-state index in [2.05, 4.69) is 15.0 Å². The van der Waals surface area contributed by atoms with Gasteiger partial charge in [-0.3, -0.25) is 9.78 Å². The van der Waals surface area contributed by atoms with E-state index >= 15 is 0 Å². The zero-order valence-corrected chi connectivity index (χ0v) is 16.7. The highest BCUT2D eigenvalue weighted by Gasteiger charge is 2.20. The first kappa shape index (κ1) is 20.9. The average molecular weight is 434 g/mol. The monoisotopic (exact) mass is 433 g/mol. The molecule has 29 heavy (non-hydrogen) atoms. The van der Waals surface area contributed by atoms with Crippen molar-refractivity contribution >= 4 is 27.5 Å². The van der Waals surface area contributed by atoms with Crippen LogP contribution in [0.1, 0.15) is 21.5 Å². The van der Waals surface area contributed by atoms with Crippen molar-refractivity contribution in [2.45, 2.75) is 18.0 Å². The van der Waals surface area contributed by atoms with Crippen LogP contribution >= 0.6 is 11.6 Å². The van der Waals surface area contributed by atoms with Crippen molar-refractivity contribution in [2.75, 3.05) is 0 Å². The summed E-state index contributed by atoms with van der Waals surface area (Å²) in [7, 11) is -3.97. The van der Waals surface area contributed by atoms with E-state index < -0.39 is 21.7 Å². The number of benzene rings is 2. The number of rotatable bonds is 7. The van der Waals surface area contributed by atoms with Gasteiger partial charge in [-0.05, 0) is 35.9 Å². The number of aromatic nitrogens is 1. The van der Waals surface area contributed by atoms with Crippen LogP contribution in [0, 0.1) is 5.82 Å². The average Bonchev–Trinajstić information content (AvgIpc) is 2.72. The Morgan fingerprint density at radius 2 is 1.86 bits per heavy atom. The topological polar surface area (TPSA) is 88.2 Å². The normalized spacial score (nSPS) is 11.2. The Labute approximate surface area is 172 Å². The van der Waals surface area contributed by atoms with Crippen molar-refractivity contribution in [1.29, 1.82) is 0 Å². The molecule has 0 radical (unpaired) electrons. The maximum atomic E-state index is 13.7. The summed E-state index contributed by atoms with van der Waals surface area (Å²) in [6.45, 7) is -0.00825. The molecule has 6 nitrogen and oxygen atoms in total. The van der Waals surface area contributed by atoms with Crippen molar-refractivity contribution in [3.05, 3.63) is 94.5 Å². The Balaban J connectivity index is 1.74. The summed E-state index contributed by atoms with van der Waals surface area (Å²) in [5, 5.41) is 2.55. The second kappa shape index (κ2) is 9.13. The van der Waals surface area contributed by atoms with Crippen LogP contribution in [0.5, 0.6) is 0 Å². The zero-order chi connectivity index (χ0) is 20.9. The largest absolute Gasteiger partial charge is 0.348 e. The molecule has 150 valence electrons. The molecule has 0 saturated heterocycles. The van der Waals surface area contributed by atoms with Gasteiger partial charge in [0.05, 0.1) is 5.02 Å². The summed E-state index contributed by atoms with van der Waals surface area (Å²) in [4.78, 5) is 16.1. The molecule has 3 rings (SSSR count). The fourth-order valence-electron chi connectivity index (χ4n) is 2.53. The van der Waals surface area contributed by atoms with Gasteiger partial charge in [-0.25, -0.2) is 17.5 Å². The summed E-state index contributed by atoms with van der Waals surface area (Å²) in [6.07, 6.45) is 3.12. The first-order valence-electron chi connectivity index (χ1n) is 8.56. The van der Waals surface area contributed by atoms with Crippen LogP contribution in [0.4, 0.5) is 4.39 Å². The Hall–Kier alpha value is -2.81. The maximum absolute atomic E-state index is 13.7. The van der Waals surface area contributed by atoms with Crippen molar-refractivity contribution in [3.63, 3.8) is 0 Å². The van der Waals surface area contributed by atoms with Crippen molar-refractivity contribution in [3.8, 4) is 0 Å². The van der Waals surface area contributed by atoms with E-state index in [9.17, 15) is 17.6 Å². The summed E-state index contributed by atoms with van der Waals surface area (Å²) in [5.74, 6) is -0.986. The lowest BCUT2D eigenvalue weighted by Gasteiger charge is -2.11. The lowest BCUT2D eigenvalue weighted by Crippen LogP contribution is -2.26. The number of carbonyl (C=O) groups excluding carboxylic acids is 1. The number of amides is 1. The molecule has 0 saturated carbocycles. The molecule has 0 atom stereocenters. The maximum Gasteiger partial charge on any atom is 0.251 e. The van der Waals surface area contributed by atoms with Gasteiger partial charge in [0.15, 0.2) is 0 Å². The minimum Gasteiger partial charge on any atom is -0.348 e. The third-order valence-electron chi connectivity index (χ3n) is 4.07. The number of sulfonamides is 1. The van der Waals surface area contributed by atoms with Crippen molar-refractivity contribution in [1.82, 2.24) is 15.0 Å². The number of hydrogen-bond acceptors (Lipinski definition) is 4. The van der Waals surface area contributed by atoms with Gasteiger partial charge in [0.25, 0.3) is 5.91 Å². The highest BCUT2D eigenvalue weighted by molar-refractivity contribution is 7.89. The smallest absolute Gasteiger partial charge is 0.251 e. The minimum atomic E-state index is -3.97. The van der Waals surface area contributed by atoms with E-state index in [1.54, 1.807) is 36.5 Å². The van der Waals surface area contributed by atoms with Gasteiger partial charge < -0.3 is 5.32 Å². The summed E-state index contributed by atoms with van der Waals surface area (Å²) < 4.78 is 41.4. The number of nitrogens with zero attached hydrogens (tertiary/aromatic N) is 1. The third kappa shape index (κ3) is 5.38. The summed E-state index contributed by atoms with van der Waals surface area (Å²) in [6, 6.07) is 13.4. The molecule has 2 N–H and O–H groups in total. The van der Waals surface area contributed by atoms with E-state index in [0.29, 0.717) is 11.1 Å². The summed E-state index contributed by atoms with van der Waals surface area (Å²) in [5.41, 5.74) is 1.08. The van der Waals surface area contributed by atoms with E-state index in [-0.39, 0.29) is 28.6 Å². The van der Waals surface area contributed by atoms with Crippen LogP contribution in [-0.4, -0.2) is 19.3 Å². The molecule has 0 aliphatic heterocycles. The van der Waals surface area contributed by atoms with E-state index in [1.165, 1.54) is 30.5 Å². The molecule has 0 spiro atoms. The van der Waals surface area contributed by atoms with Gasteiger partial charge in [0.1, 0.15) is 10.7 Å². The number of nitrogens with one attached hydrogen (secondary N) is 2. The number of halogens is 2. The highest BCUT2D eigenvalue weighted by atomic mass is 35.5. The molecule has 1 amide bonds. The second-order valence-corrected chi connectivity index (χ2v) is 8.25. The van der Waals surface area contributed by atoms with Crippen LogP contribution in [0.3, 0.4) is 0 Å². The predicted octanol–water partition coefficient (Wildman–Crippen LogP) is 3.28. The molecule has 0 bridgehead atoms. The molecule has 0 aliphatic carbocycles. The zero-order valence-electron chi connectivity index (χ0n) is 15.1. The Kier molecular flexibility index (Phi) is 6.58. The summed E-state index contributed by atoms with van der Waals surface area (Å²) >= 11 is 6.05. The molecular formula is C20H17ClFN3O3S. The molecule has 0 unspecified atom stereocenters.